The summed E-state index contributed by atoms with van der Waals surface area (Å²) < 4.78 is 0. The quantitative estimate of drug-likeness (QED) is 0.0497. The maximum atomic E-state index is 2.40. The Kier molecular flexibility index (Phi) is 47.4. The number of hydrogen-bond acceptors (Lipinski definition) is 0. The second kappa shape index (κ2) is 45.3. The molecule has 0 radical (unpaired) electrons. The molecule has 0 heterocycles. The van der Waals surface area contributed by atoms with E-state index < -0.39 is 0 Å². The van der Waals surface area contributed by atoms with Crippen LogP contribution in [0.3, 0.4) is 0 Å². The van der Waals surface area contributed by atoms with E-state index >= 15 is 0 Å². The van der Waals surface area contributed by atoms with Crippen molar-refractivity contribution in [2.75, 3.05) is 0 Å². The summed E-state index contributed by atoms with van der Waals surface area (Å²) in [6, 6.07) is 0. The Labute approximate surface area is 461 Å². The fraction of sp³-hybridized carbons (Fsp3) is 0.917. The van der Waals surface area contributed by atoms with Crippen LogP contribution in [-0.4, -0.2) is 0 Å². The van der Waals surface area contributed by atoms with Gasteiger partial charge in [-0.05, 0) is 192 Å². The van der Waals surface area contributed by atoms with E-state index in [1.54, 1.807) is 16.7 Å². The zero-order valence-electron chi connectivity index (χ0n) is 55.5. The first-order valence-corrected chi connectivity index (χ1v) is 32.4. The molecule has 0 amide bonds. The lowest BCUT2D eigenvalue weighted by molar-refractivity contribution is 0.467. The summed E-state index contributed by atoms with van der Waals surface area (Å²) in [7, 11) is 0. The Balaban J connectivity index is -0.000000793. The van der Waals surface area contributed by atoms with Gasteiger partial charge in [-0.1, -0.05) is 272 Å². The summed E-state index contributed by atoms with van der Waals surface area (Å²) >= 11 is 0. The summed E-state index contributed by atoms with van der Waals surface area (Å²) in [6.45, 7) is 62.2. The van der Waals surface area contributed by atoms with E-state index in [1.807, 2.05) is 0 Å². The second-order valence-corrected chi connectivity index (χ2v) is 29.3. The summed E-state index contributed by atoms with van der Waals surface area (Å²) in [6.07, 6.45) is 36.8. The van der Waals surface area contributed by atoms with E-state index in [1.165, 1.54) is 135 Å². The summed E-state index contributed by atoms with van der Waals surface area (Å²) in [5.41, 5.74) is 4.67. The van der Waals surface area contributed by atoms with Gasteiger partial charge >= 0.3 is 0 Å². The lowest BCUT2D eigenvalue weighted by Gasteiger charge is -2.05. The van der Waals surface area contributed by atoms with Crippen molar-refractivity contribution in [3.63, 3.8) is 0 Å². The van der Waals surface area contributed by atoms with Gasteiger partial charge in [-0.25, -0.2) is 0 Å². The molecule has 6 atom stereocenters. The van der Waals surface area contributed by atoms with Crippen LogP contribution in [0, 0.1) is 107 Å². The zero-order valence-corrected chi connectivity index (χ0v) is 55.5. The van der Waals surface area contributed by atoms with Gasteiger partial charge in [0, 0.05) is 0 Å². The van der Waals surface area contributed by atoms with Crippen LogP contribution < -0.4 is 0 Å². The van der Waals surface area contributed by atoms with Crippen molar-refractivity contribution in [3.05, 3.63) is 34.9 Å². The number of hydrogen-bond donors (Lipinski definition) is 0. The third kappa shape index (κ3) is 52.7. The van der Waals surface area contributed by atoms with E-state index in [9.17, 15) is 0 Å². The predicted octanol–water partition coefficient (Wildman–Crippen LogP) is 25.6. The topological polar surface area (TPSA) is 0 Å². The van der Waals surface area contributed by atoms with Crippen LogP contribution in [0.1, 0.15) is 322 Å². The van der Waals surface area contributed by atoms with Crippen LogP contribution in [0.25, 0.3) is 0 Å². The van der Waals surface area contributed by atoms with Crippen molar-refractivity contribution in [2.45, 2.75) is 322 Å². The largest absolute Gasteiger partial charge is 0.0854 e. The molecule has 0 aromatic carbocycles. The summed E-state index contributed by atoms with van der Waals surface area (Å²) in [4.78, 5) is 0. The molecule has 2 unspecified atom stereocenters. The second-order valence-electron chi connectivity index (χ2n) is 29.3. The van der Waals surface area contributed by atoms with Gasteiger partial charge in [-0.15, -0.1) is 0 Å². The zero-order chi connectivity index (χ0) is 56.1. The molecule has 0 saturated heterocycles. The molecule has 0 heteroatoms. The van der Waals surface area contributed by atoms with Crippen LogP contribution in [0.5, 0.6) is 0 Å². The van der Waals surface area contributed by atoms with Crippen molar-refractivity contribution >= 4 is 0 Å². The van der Waals surface area contributed by atoms with Crippen molar-refractivity contribution in [1.29, 1.82) is 0 Å². The van der Waals surface area contributed by atoms with Gasteiger partial charge < -0.3 is 0 Å². The van der Waals surface area contributed by atoms with Gasteiger partial charge in [0.15, 0.2) is 0 Å². The highest BCUT2D eigenvalue weighted by Gasteiger charge is 2.39. The van der Waals surface area contributed by atoms with Gasteiger partial charge in [0.05, 0.1) is 0 Å². The van der Waals surface area contributed by atoms with Crippen molar-refractivity contribution in [1.82, 2.24) is 0 Å². The standard InChI is InChI=1S/6C12H24/c3*1-9(2)6-5-7-11-8-12(11)10(3)4;1-10(2)6-8-12(5)9-7-11(3)4;1-10(2)7-6-8-12(5)9-11(3)4;1-10(2)8-6-7-9-12(5)11(3)4/h3*9-12H,5-8H2,1-4H3;8,10-11H,6-7,9H2,1-5H3;2*9-11H,6-8H2,1-5H3/b;;;12-8+;2*12-9+/t11-,12+;11-,12-;;;;/m11..../s1. The van der Waals surface area contributed by atoms with E-state index in [2.05, 4.69) is 205 Å². The number of allylic oxidation sites excluding steroid dienone is 6. The molecule has 0 aromatic heterocycles. The molecule has 0 aliphatic heterocycles. The van der Waals surface area contributed by atoms with Gasteiger partial charge in [-0.3, -0.25) is 0 Å². The van der Waals surface area contributed by atoms with Crippen LogP contribution >= 0.6 is 0 Å². The lowest BCUT2D eigenvalue weighted by Crippen LogP contribution is -1.94. The summed E-state index contributed by atoms with van der Waals surface area (Å²) in [5, 5.41) is 0. The highest BCUT2D eigenvalue weighted by molar-refractivity contribution is 5.01. The fourth-order valence-corrected chi connectivity index (χ4v) is 10.2. The third-order valence-electron chi connectivity index (χ3n) is 16.0. The minimum Gasteiger partial charge on any atom is -0.0854 e. The van der Waals surface area contributed by atoms with Crippen molar-refractivity contribution in [3.8, 4) is 0 Å². The van der Waals surface area contributed by atoms with E-state index in [0.29, 0.717) is 5.92 Å². The molecule has 72 heavy (non-hydrogen) atoms. The minimum absolute atomic E-state index is 0.712. The van der Waals surface area contributed by atoms with Gasteiger partial charge in [0.25, 0.3) is 0 Å². The van der Waals surface area contributed by atoms with Crippen molar-refractivity contribution < 1.29 is 0 Å². The highest BCUT2D eigenvalue weighted by Crippen LogP contribution is 2.48. The Hall–Kier alpha value is -0.780. The molecule has 0 spiro atoms. The molecule has 3 aliphatic carbocycles. The van der Waals surface area contributed by atoms with E-state index in [4.69, 9.17) is 0 Å². The lowest BCUT2D eigenvalue weighted by atomic mass is 10.0. The molecule has 0 aromatic rings. The molecular formula is C72H144. The first kappa shape index (κ1) is 75.5. The average molecular weight is 1010 g/mol. The molecule has 3 fully saturated rings. The first-order chi connectivity index (χ1) is 33.4. The van der Waals surface area contributed by atoms with Crippen LogP contribution in [0.15, 0.2) is 34.9 Å². The van der Waals surface area contributed by atoms with Gasteiger partial charge in [-0.2, -0.15) is 0 Å². The smallest absolute Gasteiger partial charge is 0.0263 e. The van der Waals surface area contributed by atoms with Gasteiger partial charge in [0.2, 0.25) is 0 Å². The molecule has 3 saturated carbocycles. The van der Waals surface area contributed by atoms with E-state index in [0.717, 1.165) is 101 Å². The molecule has 3 aliphatic rings. The third-order valence-corrected chi connectivity index (χ3v) is 16.0. The van der Waals surface area contributed by atoms with Crippen LogP contribution in [-0.2, 0) is 0 Å². The maximum absolute atomic E-state index is 2.40. The number of rotatable bonds is 30. The maximum Gasteiger partial charge on any atom is -0.0263 e. The molecule has 432 valence electrons. The summed E-state index contributed by atoms with van der Waals surface area (Å²) in [5.74, 6) is 16.9. The predicted molar refractivity (Wildman–Crippen MR) is 337 cm³/mol. The van der Waals surface area contributed by atoms with E-state index in [-0.39, 0.29) is 0 Å². The molecule has 0 nitrogen and oxygen atoms in total. The van der Waals surface area contributed by atoms with Crippen LogP contribution in [0.2, 0.25) is 0 Å². The average Bonchev–Trinajstić information content (AvgIpc) is 4.14. The van der Waals surface area contributed by atoms with Crippen molar-refractivity contribution in [2.24, 2.45) is 107 Å². The molecule has 0 N–H and O–H groups in total. The Morgan fingerprint density at radius 2 is 0.694 bits per heavy atom. The van der Waals surface area contributed by atoms with Crippen LogP contribution in [0.4, 0.5) is 0 Å². The molecular weight excluding hydrogens is 865 g/mol. The van der Waals surface area contributed by atoms with Gasteiger partial charge in [0.1, 0.15) is 0 Å². The Bertz CT molecular complexity index is 1190. The SMILES string of the molecule is C/C(=C\C(C)C)CCCC(C)C.C/C(=C\CC(C)C)CCC(C)C.C/C(=C\CCCC(C)C)C(C)C.CC(C)CCCC1CC1C(C)C.CC(C)CCC[C@@H]1C[C@@H]1C(C)C.CC(C)CCC[C@@H]1C[C@H]1C(C)C. The minimum atomic E-state index is 0.712. The highest BCUT2D eigenvalue weighted by atomic mass is 14.4. The number of unbranched alkanes of at least 4 members (excludes halogenated alkanes) is 1. The normalized spacial score (nSPS) is 20.8. The first-order valence-electron chi connectivity index (χ1n) is 32.4. The molecule has 3 rings (SSSR count). The molecule has 0 bridgehead atoms. The fourth-order valence-electron chi connectivity index (χ4n) is 10.2. The Morgan fingerprint density at radius 1 is 0.361 bits per heavy atom. The monoisotopic (exact) mass is 1010 g/mol. The Morgan fingerprint density at radius 3 is 0.972 bits per heavy atom.